The van der Waals surface area contributed by atoms with Crippen molar-refractivity contribution < 1.29 is 9.90 Å². The van der Waals surface area contributed by atoms with Crippen molar-refractivity contribution >= 4 is 50.2 Å². The van der Waals surface area contributed by atoms with Crippen molar-refractivity contribution in [3.05, 3.63) is 62.1 Å². The van der Waals surface area contributed by atoms with Gasteiger partial charge in [-0.05, 0) is 36.1 Å². The Hall–Kier alpha value is -1.96. The number of thiophene rings is 2. The van der Waals surface area contributed by atoms with Crippen LogP contribution in [0.4, 0.5) is 0 Å². The van der Waals surface area contributed by atoms with E-state index in [4.69, 9.17) is 0 Å². The molecular weight excluding hydrogens is 408 g/mol. The van der Waals surface area contributed by atoms with Crippen molar-refractivity contribution in [3.8, 4) is 16.2 Å². The number of nitrogens with one attached hydrogen (secondary N) is 1. The van der Waals surface area contributed by atoms with Gasteiger partial charge >= 0.3 is 0 Å². The number of carbonyl (C=O) groups is 1. The largest absolute Gasteiger partial charge is 0.506 e. The average molecular weight is 421 g/mol. The zero-order valence-corrected chi connectivity index (χ0v) is 15.8. The third kappa shape index (κ3) is 3.58. The van der Waals surface area contributed by atoms with E-state index in [1.54, 1.807) is 13.0 Å². The molecule has 3 rings (SSSR count). The molecule has 0 aliphatic carbocycles. The maximum atomic E-state index is 11.9. The van der Waals surface area contributed by atoms with E-state index < -0.39 is 0 Å². The molecule has 0 aliphatic rings. The van der Waals surface area contributed by atoms with E-state index in [2.05, 4.69) is 26.5 Å². The maximum absolute atomic E-state index is 11.9. The monoisotopic (exact) mass is 420 g/mol. The van der Waals surface area contributed by atoms with Gasteiger partial charge in [-0.25, -0.2) is 5.43 Å². The van der Waals surface area contributed by atoms with Crippen molar-refractivity contribution in [1.82, 2.24) is 5.43 Å². The third-order valence-electron chi connectivity index (χ3n) is 3.33. The number of hydrogen-bond donors (Lipinski definition) is 2. The SMILES string of the molecule is CC(=NNC(=O)c1cccs1)c1csc(-c2ccc(Br)cc2)c1O. The number of hydrogen-bond acceptors (Lipinski definition) is 5. The first-order valence-electron chi connectivity index (χ1n) is 7.01. The molecule has 2 aromatic heterocycles. The van der Waals surface area contributed by atoms with Crippen molar-refractivity contribution in [2.75, 3.05) is 0 Å². The number of hydrazone groups is 1. The lowest BCUT2D eigenvalue weighted by Gasteiger charge is -2.03. The summed E-state index contributed by atoms with van der Waals surface area (Å²) in [5.74, 6) is -0.0823. The van der Waals surface area contributed by atoms with Crippen LogP contribution in [0.3, 0.4) is 0 Å². The molecule has 0 spiro atoms. The summed E-state index contributed by atoms with van der Waals surface area (Å²) in [5.41, 5.74) is 4.61. The fourth-order valence-electron chi connectivity index (χ4n) is 2.07. The zero-order valence-electron chi connectivity index (χ0n) is 12.6. The number of aromatic hydroxyl groups is 1. The zero-order chi connectivity index (χ0) is 17.1. The van der Waals surface area contributed by atoms with Gasteiger partial charge in [-0.1, -0.05) is 34.1 Å². The van der Waals surface area contributed by atoms with Crippen LogP contribution in [-0.4, -0.2) is 16.7 Å². The van der Waals surface area contributed by atoms with E-state index in [0.29, 0.717) is 16.2 Å². The molecule has 0 radical (unpaired) electrons. The summed E-state index contributed by atoms with van der Waals surface area (Å²) in [6.07, 6.45) is 0. The predicted molar refractivity (Wildman–Crippen MR) is 103 cm³/mol. The topological polar surface area (TPSA) is 61.7 Å². The highest BCUT2D eigenvalue weighted by molar-refractivity contribution is 9.10. The lowest BCUT2D eigenvalue weighted by molar-refractivity contribution is 0.0959. The van der Waals surface area contributed by atoms with E-state index in [1.165, 1.54) is 22.7 Å². The van der Waals surface area contributed by atoms with Crippen LogP contribution in [0.1, 0.15) is 22.2 Å². The Kier molecular flexibility index (Phi) is 5.13. The minimum absolute atomic E-state index is 0.175. The first-order valence-corrected chi connectivity index (χ1v) is 9.56. The number of carbonyl (C=O) groups excluding carboxylic acids is 1. The molecule has 122 valence electrons. The molecule has 0 fully saturated rings. The van der Waals surface area contributed by atoms with E-state index in [1.807, 2.05) is 41.1 Å². The first-order chi connectivity index (χ1) is 11.6. The maximum Gasteiger partial charge on any atom is 0.281 e. The molecule has 2 N–H and O–H groups in total. The van der Waals surface area contributed by atoms with E-state index >= 15 is 0 Å². The number of halogens is 1. The van der Waals surface area contributed by atoms with Crippen molar-refractivity contribution in [3.63, 3.8) is 0 Å². The molecule has 0 saturated carbocycles. The quantitative estimate of drug-likeness (QED) is 0.455. The van der Waals surface area contributed by atoms with Gasteiger partial charge in [0.1, 0.15) is 5.75 Å². The molecule has 4 nitrogen and oxygen atoms in total. The fraction of sp³-hybridized carbons (Fsp3) is 0.0588. The molecule has 2 heterocycles. The fourth-order valence-corrected chi connectivity index (χ4v) is 3.96. The summed E-state index contributed by atoms with van der Waals surface area (Å²) in [5, 5.41) is 18.2. The molecule has 0 bridgehead atoms. The summed E-state index contributed by atoms with van der Waals surface area (Å²) in [4.78, 5) is 13.3. The van der Waals surface area contributed by atoms with Crippen LogP contribution in [0.25, 0.3) is 10.4 Å². The molecular formula is C17H13BrN2O2S2. The molecule has 3 aromatic rings. The van der Waals surface area contributed by atoms with Crippen LogP contribution in [0.2, 0.25) is 0 Å². The third-order valence-corrected chi connectivity index (χ3v) is 5.75. The van der Waals surface area contributed by atoms with Gasteiger partial charge in [0.05, 0.1) is 21.0 Å². The Morgan fingerprint density at radius 2 is 1.96 bits per heavy atom. The van der Waals surface area contributed by atoms with Gasteiger partial charge in [-0.2, -0.15) is 5.10 Å². The summed E-state index contributed by atoms with van der Waals surface area (Å²) >= 11 is 6.19. The second kappa shape index (κ2) is 7.29. The Morgan fingerprint density at radius 3 is 2.62 bits per heavy atom. The molecule has 24 heavy (non-hydrogen) atoms. The van der Waals surface area contributed by atoms with Crippen LogP contribution in [0, 0.1) is 0 Å². The minimum Gasteiger partial charge on any atom is -0.506 e. The molecule has 7 heteroatoms. The minimum atomic E-state index is -0.257. The van der Waals surface area contributed by atoms with Crippen molar-refractivity contribution in [1.29, 1.82) is 0 Å². The Labute approximate surface area is 155 Å². The molecule has 0 unspecified atom stereocenters. The number of nitrogens with zero attached hydrogens (tertiary/aromatic N) is 1. The molecule has 1 amide bonds. The van der Waals surface area contributed by atoms with E-state index in [-0.39, 0.29) is 11.7 Å². The molecule has 0 atom stereocenters. The normalized spacial score (nSPS) is 11.5. The number of benzene rings is 1. The lowest BCUT2D eigenvalue weighted by Crippen LogP contribution is -2.18. The number of amides is 1. The van der Waals surface area contributed by atoms with Crippen LogP contribution in [0.5, 0.6) is 5.75 Å². The molecule has 1 aromatic carbocycles. The van der Waals surface area contributed by atoms with Gasteiger partial charge in [0.2, 0.25) is 0 Å². The van der Waals surface area contributed by atoms with Gasteiger partial charge in [0.25, 0.3) is 5.91 Å². The van der Waals surface area contributed by atoms with Gasteiger partial charge in [-0.3, -0.25) is 4.79 Å². The van der Waals surface area contributed by atoms with Gasteiger partial charge in [0.15, 0.2) is 0 Å². The van der Waals surface area contributed by atoms with Crippen LogP contribution < -0.4 is 5.43 Å². The van der Waals surface area contributed by atoms with E-state index in [0.717, 1.165) is 14.9 Å². The standard InChI is InChI=1S/C17H13BrN2O2S2/c1-10(19-20-17(22)14-3-2-8-23-14)13-9-24-16(15(13)21)11-4-6-12(18)7-5-11/h2-9,21H,1H3,(H,20,22). The second-order valence-corrected chi connectivity index (χ2v) is 7.69. The van der Waals surface area contributed by atoms with Crippen molar-refractivity contribution in [2.24, 2.45) is 5.10 Å². The smallest absolute Gasteiger partial charge is 0.281 e. The second-order valence-electron chi connectivity index (χ2n) is 4.95. The number of rotatable bonds is 4. The predicted octanol–water partition coefficient (Wildman–Crippen LogP) is 5.10. The molecule has 0 saturated heterocycles. The average Bonchev–Trinajstić information content (AvgIpc) is 3.23. The lowest BCUT2D eigenvalue weighted by atomic mass is 10.1. The van der Waals surface area contributed by atoms with Crippen molar-refractivity contribution in [2.45, 2.75) is 6.92 Å². The van der Waals surface area contributed by atoms with Crippen LogP contribution >= 0.6 is 38.6 Å². The first kappa shape index (κ1) is 16.9. The Morgan fingerprint density at radius 1 is 1.21 bits per heavy atom. The molecule has 0 aliphatic heterocycles. The highest BCUT2D eigenvalue weighted by Gasteiger charge is 2.15. The summed E-state index contributed by atoms with van der Waals surface area (Å²) in [7, 11) is 0. The highest BCUT2D eigenvalue weighted by atomic mass is 79.9. The van der Waals surface area contributed by atoms with Gasteiger partial charge < -0.3 is 5.11 Å². The highest BCUT2D eigenvalue weighted by Crippen LogP contribution is 2.38. The van der Waals surface area contributed by atoms with Gasteiger partial charge in [-0.15, -0.1) is 22.7 Å². The Balaban J connectivity index is 1.81. The summed E-state index contributed by atoms with van der Waals surface area (Å²) in [6.45, 7) is 1.75. The summed E-state index contributed by atoms with van der Waals surface area (Å²) < 4.78 is 0.983. The Bertz CT molecular complexity index is 884. The van der Waals surface area contributed by atoms with Crippen LogP contribution in [-0.2, 0) is 0 Å². The summed E-state index contributed by atoms with van der Waals surface area (Å²) in [6, 6.07) is 11.3. The van der Waals surface area contributed by atoms with E-state index in [9.17, 15) is 9.90 Å². The van der Waals surface area contributed by atoms with Crippen LogP contribution in [0.15, 0.2) is 56.7 Å². The van der Waals surface area contributed by atoms with Gasteiger partial charge in [0, 0.05) is 9.85 Å².